The highest BCUT2D eigenvalue weighted by molar-refractivity contribution is 6.29. The number of amides is 1. The van der Waals surface area contributed by atoms with Crippen LogP contribution in [0.1, 0.15) is 23.5 Å². The zero-order valence-corrected chi connectivity index (χ0v) is 14.4. The molecule has 0 aliphatic heterocycles. The van der Waals surface area contributed by atoms with Gasteiger partial charge in [0.25, 0.3) is 0 Å². The SMILES string of the molecule is Cc1noc(Cl)c1CCC(=O)NCCn1c(C)nc2ccccc21. The lowest BCUT2D eigenvalue weighted by Crippen LogP contribution is -2.27. The van der Waals surface area contributed by atoms with Gasteiger partial charge in [-0.05, 0) is 44.0 Å². The molecule has 0 spiro atoms. The Morgan fingerprint density at radius 2 is 2.12 bits per heavy atom. The molecule has 0 saturated carbocycles. The lowest BCUT2D eigenvalue weighted by Gasteiger charge is -2.08. The molecular weight excluding hydrogens is 328 g/mol. The van der Waals surface area contributed by atoms with Crippen LogP contribution in [0.15, 0.2) is 28.8 Å². The first-order valence-corrected chi connectivity index (χ1v) is 8.23. The summed E-state index contributed by atoms with van der Waals surface area (Å²) >= 11 is 5.90. The van der Waals surface area contributed by atoms with Crippen LogP contribution in [0.5, 0.6) is 0 Å². The third kappa shape index (κ3) is 3.43. The molecule has 0 radical (unpaired) electrons. The molecule has 0 saturated heterocycles. The summed E-state index contributed by atoms with van der Waals surface area (Å²) in [6.07, 6.45) is 0.873. The van der Waals surface area contributed by atoms with Crippen LogP contribution in [-0.2, 0) is 17.8 Å². The number of carbonyl (C=O) groups excluding carboxylic acids is 1. The number of aromatic nitrogens is 3. The van der Waals surface area contributed by atoms with Crippen molar-refractivity contribution < 1.29 is 9.32 Å². The fraction of sp³-hybridized carbons (Fsp3) is 0.353. The predicted octanol–water partition coefficient (Wildman–Crippen LogP) is 3.04. The number of para-hydroxylation sites is 2. The smallest absolute Gasteiger partial charge is 0.229 e. The Morgan fingerprint density at radius 1 is 1.33 bits per heavy atom. The van der Waals surface area contributed by atoms with Gasteiger partial charge in [0.15, 0.2) is 0 Å². The molecule has 0 bridgehead atoms. The molecule has 2 heterocycles. The molecule has 3 aromatic rings. The maximum Gasteiger partial charge on any atom is 0.229 e. The fourth-order valence-corrected chi connectivity index (χ4v) is 3.02. The number of benzene rings is 1. The molecule has 1 N–H and O–H groups in total. The molecule has 6 nitrogen and oxygen atoms in total. The molecule has 1 amide bonds. The molecule has 24 heavy (non-hydrogen) atoms. The largest absolute Gasteiger partial charge is 0.354 e. The van der Waals surface area contributed by atoms with Crippen LogP contribution in [0.25, 0.3) is 11.0 Å². The summed E-state index contributed by atoms with van der Waals surface area (Å²) in [5.41, 5.74) is 3.58. The van der Waals surface area contributed by atoms with E-state index in [1.807, 2.05) is 38.1 Å². The lowest BCUT2D eigenvalue weighted by molar-refractivity contribution is -0.121. The van der Waals surface area contributed by atoms with Gasteiger partial charge in [-0.15, -0.1) is 0 Å². The average Bonchev–Trinajstić information content (AvgIpc) is 3.05. The normalized spacial score (nSPS) is 11.1. The molecule has 1 aromatic carbocycles. The molecule has 0 fully saturated rings. The highest BCUT2D eigenvalue weighted by atomic mass is 35.5. The second kappa shape index (κ2) is 7.05. The molecule has 7 heteroatoms. The van der Waals surface area contributed by atoms with E-state index in [0.717, 1.165) is 28.1 Å². The van der Waals surface area contributed by atoms with Gasteiger partial charge in [0.1, 0.15) is 5.82 Å². The third-order valence-corrected chi connectivity index (χ3v) is 4.34. The zero-order chi connectivity index (χ0) is 17.1. The molecule has 0 atom stereocenters. The van der Waals surface area contributed by atoms with Gasteiger partial charge in [0.2, 0.25) is 11.1 Å². The van der Waals surface area contributed by atoms with Gasteiger partial charge in [-0.25, -0.2) is 4.98 Å². The van der Waals surface area contributed by atoms with Crippen LogP contribution in [0.4, 0.5) is 0 Å². The van der Waals surface area contributed by atoms with Gasteiger partial charge in [-0.3, -0.25) is 4.79 Å². The summed E-state index contributed by atoms with van der Waals surface area (Å²) in [6, 6.07) is 7.98. The summed E-state index contributed by atoms with van der Waals surface area (Å²) in [5.74, 6) is 0.922. The van der Waals surface area contributed by atoms with E-state index in [4.69, 9.17) is 16.1 Å². The Balaban J connectivity index is 1.52. The van der Waals surface area contributed by atoms with Crippen molar-refractivity contribution in [2.75, 3.05) is 6.54 Å². The quantitative estimate of drug-likeness (QED) is 0.744. The minimum absolute atomic E-state index is 0.0197. The number of hydrogen-bond acceptors (Lipinski definition) is 4. The van der Waals surface area contributed by atoms with E-state index < -0.39 is 0 Å². The van der Waals surface area contributed by atoms with Gasteiger partial charge in [-0.1, -0.05) is 17.3 Å². The summed E-state index contributed by atoms with van der Waals surface area (Å²) < 4.78 is 6.99. The van der Waals surface area contributed by atoms with E-state index in [2.05, 4.69) is 20.0 Å². The second-order valence-electron chi connectivity index (χ2n) is 5.67. The van der Waals surface area contributed by atoms with Crippen molar-refractivity contribution in [2.45, 2.75) is 33.2 Å². The minimum atomic E-state index is -0.0197. The molecular formula is C17H19ClN4O2. The van der Waals surface area contributed by atoms with Gasteiger partial charge in [0, 0.05) is 25.1 Å². The summed E-state index contributed by atoms with van der Waals surface area (Å²) in [4.78, 5) is 16.5. The van der Waals surface area contributed by atoms with Gasteiger partial charge >= 0.3 is 0 Å². The maximum atomic E-state index is 12.0. The number of halogens is 1. The van der Waals surface area contributed by atoms with E-state index in [-0.39, 0.29) is 11.1 Å². The molecule has 0 unspecified atom stereocenters. The number of fused-ring (bicyclic) bond motifs is 1. The molecule has 126 valence electrons. The average molecular weight is 347 g/mol. The van der Waals surface area contributed by atoms with Crippen molar-refractivity contribution in [1.29, 1.82) is 0 Å². The van der Waals surface area contributed by atoms with Crippen LogP contribution >= 0.6 is 11.6 Å². The van der Waals surface area contributed by atoms with E-state index in [9.17, 15) is 4.79 Å². The highest BCUT2D eigenvalue weighted by Gasteiger charge is 2.13. The van der Waals surface area contributed by atoms with Gasteiger partial charge < -0.3 is 14.4 Å². The zero-order valence-electron chi connectivity index (χ0n) is 13.7. The Bertz CT molecular complexity index is 849. The number of nitrogens with zero attached hydrogens (tertiary/aromatic N) is 3. The number of aryl methyl sites for hydroxylation is 2. The summed E-state index contributed by atoms with van der Waals surface area (Å²) in [7, 11) is 0. The van der Waals surface area contributed by atoms with Crippen molar-refractivity contribution in [3.8, 4) is 0 Å². The number of rotatable bonds is 6. The first-order chi connectivity index (χ1) is 11.6. The predicted molar refractivity (Wildman–Crippen MR) is 92.1 cm³/mol. The van der Waals surface area contributed by atoms with E-state index in [1.54, 1.807) is 0 Å². The first kappa shape index (κ1) is 16.5. The Kier molecular flexibility index (Phi) is 4.85. The van der Waals surface area contributed by atoms with E-state index >= 15 is 0 Å². The van der Waals surface area contributed by atoms with Crippen molar-refractivity contribution in [3.63, 3.8) is 0 Å². The van der Waals surface area contributed by atoms with Crippen molar-refractivity contribution in [1.82, 2.24) is 20.0 Å². The van der Waals surface area contributed by atoms with Gasteiger partial charge in [-0.2, -0.15) is 0 Å². The number of carbonyl (C=O) groups is 1. The van der Waals surface area contributed by atoms with E-state index in [0.29, 0.717) is 25.9 Å². The van der Waals surface area contributed by atoms with E-state index in [1.165, 1.54) is 0 Å². The summed E-state index contributed by atoms with van der Waals surface area (Å²) in [5, 5.41) is 6.98. The number of nitrogens with one attached hydrogen (secondary N) is 1. The molecule has 0 aliphatic rings. The van der Waals surface area contributed by atoms with Crippen LogP contribution in [-0.4, -0.2) is 27.2 Å². The van der Waals surface area contributed by atoms with Crippen LogP contribution < -0.4 is 5.32 Å². The Morgan fingerprint density at radius 3 is 2.88 bits per heavy atom. The third-order valence-electron chi connectivity index (χ3n) is 4.04. The topological polar surface area (TPSA) is 73.0 Å². The van der Waals surface area contributed by atoms with Crippen molar-refractivity contribution in [2.24, 2.45) is 0 Å². The fourth-order valence-electron chi connectivity index (χ4n) is 2.75. The first-order valence-electron chi connectivity index (χ1n) is 7.85. The number of imidazole rings is 1. The molecule has 2 aromatic heterocycles. The van der Waals surface area contributed by atoms with Crippen LogP contribution in [0, 0.1) is 13.8 Å². The van der Waals surface area contributed by atoms with Crippen LogP contribution in [0.3, 0.4) is 0 Å². The van der Waals surface area contributed by atoms with Crippen molar-refractivity contribution >= 4 is 28.5 Å². The standard InChI is InChI=1S/C17H19ClN4O2/c1-11-13(17(18)24-21-11)7-8-16(23)19-9-10-22-12(2)20-14-5-3-4-6-15(14)22/h3-6H,7-10H2,1-2H3,(H,19,23). The highest BCUT2D eigenvalue weighted by Crippen LogP contribution is 2.20. The Hall–Kier alpha value is -2.34. The monoisotopic (exact) mass is 346 g/mol. The van der Waals surface area contributed by atoms with Gasteiger partial charge in [0.05, 0.1) is 16.7 Å². The molecule has 0 aliphatic carbocycles. The lowest BCUT2D eigenvalue weighted by atomic mass is 10.1. The Labute approximate surface area is 144 Å². The molecule has 3 rings (SSSR count). The van der Waals surface area contributed by atoms with Crippen molar-refractivity contribution in [3.05, 3.63) is 46.6 Å². The number of hydrogen-bond donors (Lipinski definition) is 1. The summed E-state index contributed by atoms with van der Waals surface area (Å²) in [6.45, 7) is 5.02. The maximum absolute atomic E-state index is 12.0. The second-order valence-corrected chi connectivity index (χ2v) is 6.01. The minimum Gasteiger partial charge on any atom is -0.354 e. The van der Waals surface area contributed by atoms with Crippen LogP contribution in [0.2, 0.25) is 5.22 Å².